The first-order chi connectivity index (χ1) is 18.6. The summed E-state index contributed by atoms with van der Waals surface area (Å²) < 4.78 is 0. The van der Waals surface area contributed by atoms with Crippen LogP contribution in [0.5, 0.6) is 5.75 Å². The van der Waals surface area contributed by atoms with E-state index in [9.17, 15) is 9.90 Å². The second-order valence-electron chi connectivity index (χ2n) is 9.12. The van der Waals surface area contributed by atoms with Crippen LogP contribution in [0.15, 0.2) is 114 Å². The Morgan fingerprint density at radius 2 is 1.47 bits per heavy atom. The van der Waals surface area contributed by atoms with Crippen molar-refractivity contribution in [2.75, 3.05) is 18.0 Å². The van der Waals surface area contributed by atoms with Crippen molar-refractivity contribution in [3.8, 4) is 16.9 Å². The summed E-state index contributed by atoms with van der Waals surface area (Å²) >= 11 is 0. The zero-order chi connectivity index (χ0) is 26.3. The summed E-state index contributed by atoms with van der Waals surface area (Å²) in [6, 6.07) is 33.2. The summed E-state index contributed by atoms with van der Waals surface area (Å²) in [4.78, 5) is 15.6. The molecule has 2 amide bonds. The number of urea groups is 1. The number of hydrogen-bond donors (Lipinski definition) is 2. The molecule has 0 bridgehead atoms. The summed E-state index contributed by atoms with van der Waals surface area (Å²) in [5.74, 6) is 0.213. The van der Waals surface area contributed by atoms with E-state index in [-0.39, 0.29) is 11.8 Å². The predicted molar refractivity (Wildman–Crippen MR) is 154 cm³/mol. The fourth-order valence-corrected chi connectivity index (χ4v) is 4.43. The number of allylic oxidation sites excluding steroid dienone is 1. The van der Waals surface area contributed by atoms with E-state index in [4.69, 9.17) is 10.8 Å². The number of rotatable bonds is 8. The highest BCUT2D eigenvalue weighted by molar-refractivity contribution is 6.17. The van der Waals surface area contributed by atoms with Crippen molar-refractivity contribution < 1.29 is 9.90 Å². The number of benzene rings is 4. The molecule has 4 aromatic rings. The van der Waals surface area contributed by atoms with Gasteiger partial charge in [0.1, 0.15) is 5.75 Å². The van der Waals surface area contributed by atoms with Crippen LogP contribution < -0.4 is 10.6 Å². The number of para-hydroxylation sites is 1. The van der Waals surface area contributed by atoms with Crippen molar-refractivity contribution in [2.45, 2.75) is 13.0 Å². The highest BCUT2D eigenvalue weighted by Gasteiger charge is 2.29. The van der Waals surface area contributed by atoms with Crippen LogP contribution in [0.25, 0.3) is 17.2 Å². The number of fused-ring (bicyclic) bond motifs is 1. The van der Waals surface area contributed by atoms with Crippen LogP contribution in [-0.2, 0) is 6.54 Å². The highest BCUT2D eigenvalue weighted by atomic mass is 16.3. The van der Waals surface area contributed by atoms with E-state index >= 15 is 0 Å². The smallest absolute Gasteiger partial charge is 0.345 e. The topological polar surface area (TPSA) is 82.2 Å². The number of carbonyl (C=O) groups is 1. The number of phenolic OH excluding ortho intramolecular Hbond substituents is 1. The van der Waals surface area contributed by atoms with Gasteiger partial charge in [0.25, 0.3) is 0 Å². The van der Waals surface area contributed by atoms with Gasteiger partial charge in [0, 0.05) is 12.1 Å². The van der Waals surface area contributed by atoms with Crippen molar-refractivity contribution in [1.82, 2.24) is 5.01 Å². The van der Waals surface area contributed by atoms with E-state index in [1.165, 1.54) is 5.01 Å². The zero-order valence-electron chi connectivity index (χ0n) is 21.1. The van der Waals surface area contributed by atoms with E-state index in [2.05, 4.69) is 36.4 Å². The maximum Gasteiger partial charge on any atom is 0.345 e. The number of hydrazone groups is 1. The summed E-state index contributed by atoms with van der Waals surface area (Å²) in [6.45, 7) is 1.30. The van der Waals surface area contributed by atoms with Crippen molar-refractivity contribution in [3.63, 3.8) is 0 Å². The number of aromatic hydroxyl groups is 1. The SMILES string of the molecule is NCCCN1N=C(/C=C/c2ccc(O)cc2)c2ccccc2N(Cc2ccc(-c3ccccc3)cc2)C1=O. The molecule has 0 atom stereocenters. The molecule has 0 saturated carbocycles. The quantitative estimate of drug-likeness (QED) is 0.298. The molecule has 0 saturated heterocycles. The van der Waals surface area contributed by atoms with Gasteiger partial charge in [-0.15, -0.1) is 0 Å². The van der Waals surface area contributed by atoms with Crippen molar-refractivity contribution >= 4 is 23.5 Å². The molecule has 38 heavy (non-hydrogen) atoms. The molecule has 3 N–H and O–H groups in total. The van der Waals surface area contributed by atoms with Gasteiger partial charge in [-0.25, -0.2) is 9.80 Å². The molecular formula is C32H30N4O2. The van der Waals surface area contributed by atoms with E-state index < -0.39 is 0 Å². The average molecular weight is 503 g/mol. The van der Waals surface area contributed by atoms with E-state index in [1.54, 1.807) is 17.0 Å². The third kappa shape index (κ3) is 5.66. The fourth-order valence-electron chi connectivity index (χ4n) is 4.43. The van der Waals surface area contributed by atoms with Gasteiger partial charge in [0.05, 0.1) is 17.9 Å². The molecule has 6 nitrogen and oxygen atoms in total. The van der Waals surface area contributed by atoms with Gasteiger partial charge in [0.2, 0.25) is 0 Å². The molecular weight excluding hydrogens is 472 g/mol. The molecule has 5 rings (SSSR count). The van der Waals surface area contributed by atoms with Gasteiger partial charge >= 0.3 is 6.03 Å². The van der Waals surface area contributed by atoms with Crippen LogP contribution in [0.4, 0.5) is 10.5 Å². The van der Waals surface area contributed by atoms with Crippen molar-refractivity contribution in [1.29, 1.82) is 0 Å². The Morgan fingerprint density at radius 3 is 2.21 bits per heavy atom. The number of phenols is 1. The maximum absolute atomic E-state index is 13.8. The molecule has 1 aliphatic rings. The largest absolute Gasteiger partial charge is 0.508 e. The van der Waals surface area contributed by atoms with Crippen molar-refractivity contribution in [2.24, 2.45) is 10.8 Å². The molecule has 1 aliphatic heterocycles. The number of nitrogens with two attached hydrogens (primary N) is 1. The van der Waals surface area contributed by atoms with Crippen LogP contribution in [-0.4, -0.2) is 34.9 Å². The lowest BCUT2D eigenvalue weighted by Crippen LogP contribution is -2.40. The number of hydrogen-bond acceptors (Lipinski definition) is 4. The van der Waals surface area contributed by atoms with Crippen LogP contribution in [0, 0.1) is 0 Å². The monoisotopic (exact) mass is 502 g/mol. The van der Waals surface area contributed by atoms with E-state index in [0.717, 1.165) is 33.5 Å². The molecule has 0 unspecified atom stereocenters. The van der Waals surface area contributed by atoms with Gasteiger partial charge < -0.3 is 10.8 Å². The minimum atomic E-state index is -0.189. The molecule has 0 aromatic heterocycles. The minimum Gasteiger partial charge on any atom is -0.508 e. The average Bonchev–Trinajstić information content (AvgIpc) is 3.07. The Balaban J connectivity index is 1.49. The Bertz CT molecular complexity index is 1450. The third-order valence-corrected chi connectivity index (χ3v) is 6.45. The van der Waals surface area contributed by atoms with Gasteiger partial charge in [-0.05, 0) is 59.5 Å². The molecule has 0 aliphatic carbocycles. The van der Waals surface area contributed by atoms with Crippen LogP contribution in [0.2, 0.25) is 0 Å². The first kappa shape index (κ1) is 25.0. The first-order valence-electron chi connectivity index (χ1n) is 12.7. The lowest BCUT2D eigenvalue weighted by atomic mass is 10.0. The second kappa shape index (κ2) is 11.6. The zero-order valence-corrected chi connectivity index (χ0v) is 21.1. The Labute approximate surface area is 223 Å². The molecule has 0 radical (unpaired) electrons. The normalized spacial score (nSPS) is 13.4. The fraction of sp³-hybridized carbons (Fsp3) is 0.125. The molecule has 6 heteroatoms. The summed E-state index contributed by atoms with van der Waals surface area (Å²) in [7, 11) is 0. The van der Waals surface area contributed by atoms with Crippen LogP contribution in [0.1, 0.15) is 23.1 Å². The Morgan fingerprint density at radius 1 is 0.789 bits per heavy atom. The summed E-state index contributed by atoms with van der Waals surface area (Å²) in [5, 5.41) is 15.9. The number of amides is 2. The van der Waals surface area contributed by atoms with Crippen LogP contribution >= 0.6 is 0 Å². The van der Waals surface area contributed by atoms with E-state index in [0.29, 0.717) is 31.8 Å². The van der Waals surface area contributed by atoms with Crippen LogP contribution in [0.3, 0.4) is 0 Å². The maximum atomic E-state index is 13.8. The molecule has 4 aromatic carbocycles. The molecule has 190 valence electrons. The summed E-state index contributed by atoms with van der Waals surface area (Å²) in [5.41, 5.74) is 12.4. The van der Waals surface area contributed by atoms with E-state index in [1.807, 2.05) is 66.7 Å². The molecule has 0 fully saturated rings. The molecule has 1 heterocycles. The van der Waals surface area contributed by atoms with Gasteiger partial charge in [0.15, 0.2) is 0 Å². The highest BCUT2D eigenvalue weighted by Crippen LogP contribution is 2.29. The van der Waals surface area contributed by atoms with Gasteiger partial charge in [-0.3, -0.25) is 4.90 Å². The third-order valence-electron chi connectivity index (χ3n) is 6.45. The second-order valence-corrected chi connectivity index (χ2v) is 9.12. The lowest BCUT2D eigenvalue weighted by Gasteiger charge is -2.26. The number of anilines is 1. The van der Waals surface area contributed by atoms with Gasteiger partial charge in [-0.1, -0.05) is 91.0 Å². The number of carbonyl (C=O) groups excluding carboxylic acids is 1. The number of nitrogens with zero attached hydrogens (tertiary/aromatic N) is 3. The minimum absolute atomic E-state index is 0.189. The van der Waals surface area contributed by atoms with Crippen molar-refractivity contribution in [3.05, 3.63) is 126 Å². The Hall–Kier alpha value is -4.68. The molecule has 0 spiro atoms. The predicted octanol–water partition coefficient (Wildman–Crippen LogP) is 6.27. The first-order valence-corrected chi connectivity index (χ1v) is 12.7. The lowest BCUT2D eigenvalue weighted by molar-refractivity contribution is 0.206. The standard InChI is InChI=1S/C32H30N4O2/c33-21-6-22-36-32(38)35(23-25-11-16-27(17-12-25)26-7-2-1-3-8-26)31-10-5-4-9-29(31)30(34-36)20-15-24-13-18-28(37)19-14-24/h1-5,7-20,37H,6,21-23,33H2/b20-15+. The Kier molecular flexibility index (Phi) is 7.62. The summed E-state index contributed by atoms with van der Waals surface area (Å²) in [6.07, 6.45) is 4.48. The van der Waals surface area contributed by atoms with Gasteiger partial charge in [-0.2, -0.15) is 5.10 Å².